The highest BCUT2D eigenvalue weighted by atomic mass is 79.9. The molecule has 2 bridgehead atoms. The maximum Gasteiger partial charge on any atom is 0.233 e. The molecule has 0 radical (unpaired) electrons. The fourth-order valence-corrected chi connectivity index (χ4v) is 5.99. The van der Waals surface area contributed by atoms with Crippen LogP contribution in [0.4, 0.5) is 5.69 Å². The van der Waals surface area contributed by atoms with E-state index in [4.69, 9.17) is 0 Å². The highest BCUT2D eigenvalue weighted by Gasteiger charge is 2.66. The molecule has 2 saturated carbocycles. The Kier molecular flexibility index (Phi) is 4.85. The van der Waals surface area contributed by atoms with Crippen molar-refractivity contribution in [1.29, 1.82) is 0 Å². The number of anilines is 1. The highest BCUT2D eigenvalue weighted by Crippen LogP contribution is 2.65. The number of amides is 3. The topological polar surface area (TPSA) is 66.5 Å². The van der Waals surface area contributed by atoms with Crippen LogP contribution in [0.5, 0.6) is 0 Å². The van der Waals surface area contributed by atoms with Crippen molar-refractivity contribution < 1.29 is 14.4 Å². The SMILES string of the molecule is O=C(CCCCCN1C(=O)C2C3C=CC(C4CC34)C2C1=O)Nc1ccc(Br)cc1. The van der Waals surface area contributed by atoms with Crippen LogP contribution in [0.3, 0.4) is 0 Å². The number of likely N-dealkylation sites (tertiary alicyclic amines) is 1. The molecule has 1 N–H and O–H groups in total. The minimum Gasteiger partial charge on any atom is -0.326 e. The van der Waals surface area contributed by atoms with E-state index >= 15 is 0 Å². The predicted octanol–water partition coefficient (Wildman–Crippen LogP) is 4.00. The lowest BCUT2D eigenvalue weighted by Crippen LogP contribution is -2.40. The van der Waals surface area contributed by atoms with Crippen molar-refractivity contribution in [1.82, 2.24) is 4.90 Å². The monoisotopic (exact) mass is 456 g/mol. The normalized spacial score (nSPS) is 33.6. The van der Waals surface area contributed by atoms with Crippen LogP contribution >= 0.6 is 15.9 Å². The Hall–Kier alpha value is -1.95. The first-order valence-corrected chi connectivity index (χ1v) is 11.4. The summed E-state index contributed by atoms with van der Waals surface area (Å²) in [5.41, 5.74) is 0.787. The van der Waals surface area contributed by atoms with Gasteiger partial charge in [-0.05, 0) is 67.2 Å². The second kappa shape index (κ2) is 7.38. The largest absolute Gasteiger partial charge is 0.326 e. The van der Waals surface area contributed by atoms with Crippen molar-refractivity contribution in [3.05, 3.63) is 40.9 Å². The lowest BCUT2D eigenvalue weighted by molar-refractivity contribution is -0.140. The summed E-state index contributed by atoms with van der Waals surface area (Å²) in [6.07, 6.45) is 8.40. The Morgan fingerprint density at radius 3 is 2.21 bits per heavy atom. The van der Waals surface area contributed by atoms with Gasteiger partial charge in [0.05, 0.1) is 11.8 Å². The number of benzene rings is 1. The maximum absolute atomic E-state index is 12.9. The van der Waals surface area contributed by atoms with Crippen LogP contribution < -0.4 is 5.32 Å². The molecule has 5 nitrogen and oxygen atoms in total. The molecule has 6 rings (SSSR count). The molecule has 1 aromatic carbocycles. The van der Waals surface area contributed by atoms with Crippen LogP contribution in [0, 0.1) is 35.5 Å². The molecule has 6 heteroatoms. The molecule has 6 atom stereocenters. The average molecular weight is 457 g/mol. The Morgan fingerprint density at radius 2 is 1.59 bits per heavy atom. The number of nitrogens with one attached hydrogen (secondary N) is 1. The van der Waals surface area contributed by atoms with Gasteiger partial charge in [0.1, 0.15) is 0 Å². The lowest BCUT2D eigenvalue weighted by Gasteiger charge is -2.37. The van der Waals surface area contributed by atoms with Gasteiger partial charge in [0.2, 0.25) is 17.7 Å². The van der Waals surface area contributed by atoms with E-state index in [1.165, 1.54) is 11.3 Å². The summed E-state index contributed by atoms with van der Waals surface area (Å²) >= 11 is 3.37. The van der Waals surface area contributed by atoms with E-state index in [-0.39, 0.29) is 29.6 Å². The highest BCUT2D eigenvalue weighted by molar-refractivity contribution is 9.10. The fraction of sp³-hybridized carbons (Fsp3) is 0.522. The molecule has 3 fully saturated rings. The first-order chi connectivity index (χ1) is 14.0. The number of rotatable bonds is 7. The van der Waals surface area contributed by atoms with E-state index in [1.807, 2.05) is 24.3 Å². The Morgan fingerprint density at radius 1 is 0.966 bits per heavy atom. The van der Waals surface area contributed by atoms with Crippen molar-refractivity contribution >= 4 is 39.3 Å². The third-order valence-electron chi connectivity index (χ3n) is 7.17. The third-order valence-corrected chi connectivity index (χ3v) is 7.70. The zero-order chi connectivity index (χ0) is 20.1. The van der Waals surface area contributed by atoms with Crippen molar-refractivity contribution in [2.24, 2.45) is 35.5 Å². The van der Waals surface area contributed by atoms with Gasteiger partial charge in [-0.1, -0.05) is 34.5 Å². The summed E-state index contributed by atoms with van der Waals surface area (Å²) in [5.74, 6) is 1.77. The van der Waals surface area contributed by atoms with E-state index in [0.717, 1.165) is 29.4 Å². The van der Waals surface area contributed by atoms with Crippen molar-refractivity contribution in [2.75, 3.05) is 11.9 Å². The molecule has 1 heterocycles. The van der Waals surface area contributed by atoms with Crippen LogP contribution in [0.25, 0.3) is 0 Å². The Bertz CT molecular complexity index is 845. The molecule has 152 valence electrons. The Labute approximate surface area is 179 Å². The van der Waals surface area contributed by atoms with E-state index in [9.17, 15) is 14.4 Å². The minimum absolute atomic E-state index is 0.00598. The van der Waals surface area contributed by atoms with E-state index in [0.29, 0.717) is 36.6 Å². The summed E-state index contributed by atoms with van der Waals surface area (Å²) in [7, 11) is 0. The maximum atomic E-state index is 12.9. The molecule has 5 aliphatic rings. The van der Waals surface area contributed by atoms with Gasteiger partial charge in [-0.15, -0.1) is 0 Å². The van der Waals surface area contributed by atoms with E-state index in [2.05, 4.69) is 33.4 Å². The number of halogens is 1. The zero-order valence-electron chi connectivity index (χ0n) is 16.2. The summed E-state index contributed by atoms with van der Waals surface area (Å²) in [5, 5.41) is 2.89. The number of unbranched alkanes of at least 4 members (excludes halogenated alkanes) is 2. The van der Waals surface area contributed by atoms with Gasteiger partial charge in [-0.3, -0.25) is 19.3 Å². The third kappa shape index (κ3) is 3.35. The summed E-state index contributed by atoms with van der Waals surface area (Å²) in [4.78, 5) is 39.4. The van der Waals surface area contributed by atoms with Gasteiger partial charge in [-0.25, -0.2) is 0 Å². The van der Waals surface area contributed by atoms with Crippen molar-refractivity contribution in [2.45, 2.75) is 32.1 Å². The molecular weight excluding hydrogens is 432 g/mol. The molecule has 1 saturated heterocycles. The number of nitrogens with zero attached hydrogens (tertiary/aromatic N) is 1. The number of carbonyl (C=O) groups excluding carboxylic acids is 3. The average Bonchev–Trinajstić information content (AvgIpc) is 3.49. The molecule has 0 aromatic heterocycles. The number of imide groups is 1. The quantitative estimate of drug-likeness (QED) is 0.383. The number of allylic oxidation sites excluding steroid dienone is 2. The second-order valence-corrected chi connectivity index (χ2v) is 9.76. The molecule has 1 aliphatic heterocycles. The number of hydrogen-bond acceptors (Lipinski definition) is 3. The molecular formula is C23H25BrN2O3. The van der Waals surface area contributed by atoms with Gasteiger partial charge in [0.15, 0.2) is 0 Å². The Balaban J connectivity index is 1.07. The lowest BCUT2D eigenvalue weighted by atomic mass is 9.63. The van der Waals surface area contributed by atoms with Crippen LogP contribution in [0.2, 0.25) is 0 Å². The van der Waals surface area contributed by atoms with Gasteiger partial charge in [0, 0.05) is 23.1 Å². The van der Waals surface area contributed by atoms with Crippen molar-refractivity contribution in [3.63, 3.8) is 0 Å². The smallest absolute Gasteiger partial charge is 0.233 e. The van der Waals surface area contributed by atoms with Crippen LogP contribution in [-0.4, -0.2) is 29.2 Å². The molecule has 4 aliphatic carbocycles. The minimum atomic E-state index is -0.0991. The number of carbonyl (C=O) groups is 3. The van der Waals surface area contributed by atoms with Crippen molar-refractivity contribution in [3.8, 4) is 0 Å². The van der Waals surface area contributed by atoms with E-state index < -0.39 is 0 Å². The molecule has 6 unspecified atom stereocenters. The molecule has 1 aromatic rings. The van der Waals surface area contributed by atoms with Gasteiger partial charge >= 0.3 is 0 Å². The zero-order valence-corrected chi connectivity index (χ0v) is 17.8. The molecule has 3 amide bonds. The van der Waals surface area contributed by atoms with Gasteiger partial charge in [0.25, 0.3) is 0 Å². The van der Waals surface area contributed by atoms with Gasteiger partial charge in [-0.2, -0.15) is 0 Å². The van der Waals surface area contributed by atoms with Gasteiger partial charge < -0.3 is 5.32 Å². The molecule has 29 heavy (non-hydrogen) atoms. The summed E-state index contributed by atoms with van der Waals surface area (Å²) < 4.78 is 0.974. The molecule has 0 spiro atoms. The second-order valence-electron chi connectivity index (χ2n) is 8.85. The summed E-state index contributed by atoms with van der Waals surface area (Å²) in [6.45, 7) is 0.494. The van der Waals surface area contributed by atoms with Crippen LogP contribution in [0.1, 0.15) is 32.1 Å². The van der Waals surface area contributed by atoms with Crippen LogP contribution in [0.15, 0.2) is 40.9 Å². The summed E-state index contributed by atoms with van der Waals surface area (Å²) in [6, 6.07) is 7.50. The first kappa shape index (κ1) is 19.0. The van der Waals surface area contributed by atoms with Crippen LogP contribution in [-0.2, 0) is 14.4 Å². The standard InChI is InChI=1S/C23H25BrN2O3/c24-13-5-7-14(8-6-13)25-19(27)4-2-1-3-11-26-22(28)20-15-9-10-16(18-12-17(15)18)21(20)23(26)29/h5-10,15-18,20-21H,1-4,11-12H2,(H,25,27). The predicted molar refractivity (Wildman–Crippen MR) is 113 cm³/mol. The van der Waals surface area contributed by atoms with E-state index in [1.54, 1.807) is 0 Å². The number of hydrogen-bond donors (Lipinski definition) is 1. The first-order valence-electron chi connectivity index (χ1n) is 10.6. The fourth-order valence-electron chi connectivity index (χ4n) is 5.73.